The summed E-state index contributed by atoms with van der Waals surface area (Å²) in [6, 6.07) is 2.17. The lowest BCUT2D eigenvalue weighted by Gasteiger charge is -2.35. The second kappa shape index (κ2) is 10.1. The number of nitrogens with one attached hydrogen (secondary N) is 2. The highest BCUT2D eigenvalue weighted by atomic mass is 32.1. The molecule has 0 aromatic carbocycles. The molecule has 3 fully saturated rings. The highest BCUT2D eigenvalue weighted by Crippen LogP contribution is 2.28. The first kappa shape index (κ1) is 21.6. The summed E-state index contributed by atoms with van der Waals surface area (Å²) in [5.74, 6) is 3.99. The van der Waals surface area contributed by atoms with Gasteiger partial charge in [0.05, 0.1) is 6.10 Å². The van der Waals surface area contributed by atoms with Gasteiger partial charge in [0.1, 0.15) is 11.6 Å². The minimum atomic E-state index is 0.247. The normalized spacial score (nSPS) is 27.2. The van der Waals surface area contributed by atoms with E-state index in [4.69, 9.17) is 26.9 Å². The molecule has 3 aliphatic rings. The SMILES string of the molecule is C[C@@H]1CCCN(c2cc(N3CCC[C@@H](C)C3)nc(NC(=S)NC[C@H]3CCCO3)n2)C1. The summed E-state index contributed by atoms with van der Waals surface area (Å²) in [4.78, 5) is 14.5. The van der Waals surface area contributed by atoms with Crippen molar-refractivity contribution in [3.05, 3.63) is 6.07 Å². The van der Waals surface area contributed by atoms with E-state index in [1.807, 2.05) is 0 Å². The molecule has 0 spiro atoms. The van der Waals surface area contributed by atoms with E-state index in [0.29, 0.717) is 22.9 Å². The third-order valence-corrected chi connectivity index (χ3v) is 6.65. The Morgan fingerprint density at radius 2 is 1.67 bits per heavy atom. The van der Waals surface area contributed by atoms with E-state index in [0.717, 1.165) is 63.8 Å². The predicted octanol–water partition coefficient (Wildman–Crippen LogP) is 3.41. The number of ether oxygens (including phenoxy) is 1. The van der Waals surface area contributed by atoms with Crippen molar-refractivity contribution in [1.82, 2.24) is 15.3 Å². The number of aromatic nitrogens is 2. The summed E-state index contributed by atoms with van der Waals surface area (Å²) < 4.78 is 5.68. The largest absolute Gasteiger partial charge is 0.376 e. The molecule has 3 atom stereocenters. The van der Waals surface area contributed by atoms with Crippen molar-refractivity contribution < 1.29 is 4.74 Å². The maximum absolute atomic E-state index is 5.68. The lowest BCUT2D eigenvalue weighted by Crippen LogP contribution is -2.38. The van der Waals surface area contributed by atoms with Crippen molar-refractivity contribution in [2.75, 3.05) is 54.4 Å². The van der Waals surface area contributed by atoms with E-state index in [9.17, 15) is 0 Å². The number of hydrogen-bond donors (Lipinski definition) is 2. The molecule has 3 aliphatic heterocycles. The fourth-order valence-corrected chi connectivity index (χ4v) is 4.93. The first-order chi connectivity index (χ1) is 14.6. The van der Waals surface area contributed by atoms with Crippen LogP contribution in [-0.4, -0.2) is 60.5 Å². The Balaban J connectivity index is 1.49. The molecule has 30 heavy (non-hydrogen) atoms. The van der Waals surface area contributed by atoms with Crippen LogP contribution in [0.3, 0.4) is 0 Å². The molecule has 0 amide bonds. The van der Waals surface area contributed by atoms with Crippen molar-refractivity contribution in [1.29, 1.82) is 0 Å². The van der Waals surface area contributed by atoms with Crippen molar-refractivity contribution in [2.24, 2.45) is 11.8 Å². The maximum Gasteiger partial charge on any atom is 0.232 e. The molecule has 7 nitrogen and oxygen atoms in total. The molecule has 1 aromatic heterocycles. The summed E-state index contributed by atoms with van der Waals surface area (Å²) in [5.41, 5.74) is 0. The Morgan fingerprint density at radius 1 is 1.03 bits per heavy atom. The van der Waals surface area contributed by atoms with Crippen LogP contribution in [0.4, 0.5) is 17.6 Å². The Morgan fingerprint density at radius 3 is 2.20 bits per heavy atom. The molecule has 0 unspecified atom stereocenters. The van der Waals surface area contributed by atoms with Crippen LogP contribution in [0.5, 0.6) is 0 Å². The monoisotopic (exact) mass is 432 g/mol. The van der Waals surface area contributed by atoms with Gasteiger partial charge < -0.3 is 25.2 Å². The summed E-state index contributed by atoms with van der Waals surface area (Å²) in [7, 11) is 0. The van der Waals surface area contributed by atoms with Crippen LogP contribution in [-0.2, 0) is 4.74 Å². The molecule has 166 valence electrons. The van der Waals surface area contributed by atoms with Gasteiger partial charge in [-0.25, -0.2) is 0 Å². The molecule has 0 radical (unpaired) electrons. The van der Waals surface area contributed by atoms with Gasteiger partial charge in [-0.15, -0.1) is 0 Å². The van der Waals surface area contributed by atoms with Crippen LogP contribution in [0.15, 0.2) is 6.07 Å². The standard InChI is InChI=1S/C22H36N6OS/c1-16-6-3-9-27(14-16)19-12-20(28-10-4-7-17(2)15-28)25-21(24-19)26-22(30)23-13-18-8-5-11-29-18/h12,16-18H,3-11,13-15H2,1-2H3,(H2,23,24,25,26,30)/t16-,17-,18-/m1/s1. The number of rotatable bonds is 5. The average Bonchev–Trinajstić information content (AvgIpc) is 3.26. The summed E-state index contributed by atoms with van der Waals surface area (Å²) in [6.07, 6.45) is 7.48. The van der Waals surface area contributed by atoms with Crippen LogP contribution in [0, 0.1) is 11.8 Å². The van der Waals surface area contributed by atoms with Crippen LogP contribution in [0.1, 0.15) is 52.4 Å². The van der Waals surface area contributed by atoms with Gasteiger partial charge in [-0.3, -0.25) is 0 Å². The first-order valence-corrected chi connectivity index (χ1v) is 12.0. The van der Waals surface area contributed by atoms with Crippen molar-refractivity contribution >= 4 is 34.9 Å². The number of anilines is 3. The predicted molar refractivity (Wildman–Crippen MR) is 126 cm³/mol. The summed E-state index contributed by atoms with van der Waals surface area (Å²) in [6.45, 7) is 10.4. The molecule has 3 saturated heterocycles. The van der Waals surface area contributed by atoms with Crippen LogP contribution in [0.25, 0.3) is 0 Å². The van der Waals surface area contributed by atoms with Gasteiger partial charge in [-0.05, 0) is 62.6 Å². The molecule has 0 aliphatic carbocycles. The van der Waals surface area contributed by atoms with Gasteiger partial charge in [0.2, 0.25) is 5.95 Å². The number of piperidine rings is 2. The van der Waals surface area contributed by atoms with Gasteiger partial charge in [0.15, 0.2) is 5.11 Å². The number of thiocarbonyl (C=S) groups is 1. The molecule has 4 rings (SSSR count). The lowest BCUT2D eigenvalue weighted by molar-refractivity contribution is 0.114. The summed E-state index contributed by atoms with van der Waals surface area (Å²) >= 11 is 5.52. The van der Waals surface area contributed by atoms with Crippen molar-refractivity contribution in [2.45, 2.75) is 58.5 Å². The zero-order valence-electron chi connectivity index (χ0n) is 18.4. The second-order valence-corrected chi connectivity index (χ2v) is 9.67. The first-order valence-electron chi connectivity index (χ1n) is 11.6. The molecule has 8 heteroatoms. The van der Waals surface area contributed by atoms with E-state index < -0.39 is 0 Å². The van der Waals surface area contributed by atoms with E-state index in [2.05, 4.69) is 40.3 Å². The molecular formula is C22H36N6OS. The fourth-order valence-electron chi connectivity index (χ4n) is 4.75. The molecule has 0 saturated carbocycles. The molecular weight excluding hydrogens is 396 g/mol. The second-order valence-electron chi connectivity index (χ2n) is 9.26. The molecule has 0 bridgehead atoms. The fraction of sp³-hybridized carbons (Fsp3) is 0.773. The minimum Gasteiger partial charge on any atom is -0.376 e. The smallest absolute Gasteiger partial charge is 0.232 e. The van der Waals surface area contributed by atoms with E-state index in [1.54, 1.807) is 0 Å². The zero-order chi connectivity index (χ0) is 20.9. The molecule has 4 heterocycles. The Bertz CT molecular complexity index is 685. The van der Waals surface area contributed by atoms with Crippen molar-refractivity contribution in [3.8, 4) is 0 Å². The third-order valence-electron chi connectivity index (χ3n) is 6.40. The number of hydrogen-bond acceptors (Lipinski definition) is 6. The average molecular weight is 433 g/mol. The Labute approximate surface area is 186 Å². The van der Waals surface area contributed by atoms with E-state index in [-0.39, 0.29) is 6.10 Å². The van der Waals surface area contributed by atoms with Gasteiger partial charge in [0.25, 0.3) is 0 Å². The lowest BCUT2D eigenvalue weighted by atomic mass is 10.00. The Kier molecular flexibility index (Phi) is 7.25. The number of nitrogens with zero attached hydrogens (tertiary/aromatic N) is 4. The molecule has 2 N–H and O–H groups in total. The topological polar surface area (TPSA) is 65.5 Å². The van der Waals surface area contributed by atoms with Gasteiger partial charge >= 0.3 is 0 Å². The van der Waals surface area contributed by atoms with Gasteiger partial charge in [-0.2, -0.15) is 9.97 Å². The quantitative estimate of drug-likeness (QED) is 0.686. The minimum absolute atomic E-state index is 0.247. The zero-order valence-corrected chi connectivity index (χ0v) is 19.2. The van der Waals surface area contributed by atoms with E-state index >= 15 is 0 Å². The van der Waals surface area contributed by atoms with Crippen molar-refractivity contribution in [3.63, 3.8) is 0 Å². The van der Waals surface area contributed by atoms with Gasteiger partial charge in [-0.1, -0.05) is 13.8 Å². The van der Waals surface area contributed by atoms with Gasteiger partial charge in [0, 0.05) is 45.4 Å². The summed E-state index contributed by atoms with van der Waals surface area (Å²) in [5, 5.41) is 7.07. The molecule has 1 aromatic rings. The Hall–Kier alpha value is -1.67. The maximum atomic E-state index is 5.68. The van der Waals surface area contributed by atoms with Crippen LogP contribution in [0.2, 0.25) is 0 Å². The highest BCUT2D eigenvalue weighted by molar-refractivity contribution is 7.80. The highest BCUT2D eigenvalue weighted by Gasteiger charge is 2.23. The van der Waals surface area contributed by atoms with Crippen LogP contribution >= 0.6 is 12.2 Å². The van der Waals surface area contributed by atoms with E-state index in [1.165, 1.54) is 25.7 Å². The third kappa shape index (κ3) is 5.72. The van der Waals surface area contributed by atoms with Crippen LogP contribution < -0.4 is 20.4 Å².